The van der Waals surface area contributed by atoms with Gasteiger partial charge in [-0.25, -0.2) is 9.78 Å². The number of urea groups is 1. The van der Waals surface area contributed by atoms with Gasteiger partial charge in [0.25, 0.3) is 0 Å². The van der Waals surface area contributed by atoms with E-state index in [-0.39, 0.29) is 11.8 Å². The number of carbonyl (C=O) groups is 2. The second-order valence-corrected chi connectivity index (χ2v) is 7.97. The number of rotatable bonds is 6. The largest absolute Gasteiger partial charge is 0.326 e. The van der Waals surface area contributed by atoms with E-state index in [1.807, 2.05) is 69.3 Å². The van der Waals surface area contributed by atoms with Gasteiger partial charge in [-0.1, -0.05) is 73.7 Å². The Bertz CT molecular complexity index is 971. The fraction of sp³-hybridized carbons (Fsp3) is 0.227. The number of nitrogens with one attached hydrogen (secondary N) is 3. The summed E-state index contributed by atoms with van der Waals surface area (Å²) in [5.41, 5.74) is 2.58. The van der Waals surface area contributed by atoms with Gasteiger partial charge in [-0.05, 0) is 30.5 Å². The Hall–Kier alpha value is -3.19. The van der Waals surface area contributed by atoms with Gasteiger partial charge in [0.2, 0.25) is 5.91 Å². The number of benzene rings is 2. The quantitative estimate of drug-likeness (QED) is 0.542. The van der Waals surface area contributed by atoms with Gasteiger partial charge in [-0.15, -0.1) is 0 Å². The number of hydrogen-bond acceptors (Lipinski definition) is 4. The summed E-state index contributed by atoms with van der Waals surface area (Å²) in [6.07, 6.45) is 0. The molecule has 3 amide bonds. The van der Waals surface area contributed by atoms with Crippen molar-refractivity contribution in [2.24, 2.45) is 5.92 Å². The second-order valence-electron chi connectivity index (χ2n) is 6.98. The second kappa shape index (κ2) is 9.34. The summed E-state index contributed by atoms with van der Waals surface area (Å²) < 4.78 is 0. The number of anilines is 2. The Morgan fingerprint density at radius 3 is 2.17 bits per heavy atom. The van der Waals surface area contributed by atoms with Crippen molar-refractivity contribution in [2.75, 3.05) is 10.6 Å². The first kappa shape index (κ1) is 20.5. The molecule has 2 aromatic carbocycles. The summed E-state index contributed by atoms with van der Waals surface area (Å²) in [5.74, 6) is -0.386. The van der Waals surface area contributed by atoms with Crippen molar-refractivity contribution < 1.29 is 9.59 Å². The Balaban J connectivity index is 1.68. The van der Waals surface area contributed by atoms with Crippen LogP contribution in [0.5, 0.6) is 0 Å². The fourth-order valence-electron chi connectivity index (χ4n) is 2.86. The third-order valence-corrected chi connectivity index (χ3v) is 5.45. The van der Waals surface area contributed by atoms with E-state index in [0.717, 1.165) is 16.1 Å². The number of para-hydroxylation sites is 1. The first-order valence-electron chi connectivity index (χ1n) is 9.40. The molecule has 0 radical (unpaired) electrons. The van der Waals surface area contributed by atoms with E-state index < -0.39 is 12.1 Å². The van der Waals surface area contributed by atoms with Crippen molar-refractivity contribution in [1.29, 1.82) is 0 Å². The van der Waals surface area contributed by atoms with E-state index in [1.165, 1.54) is 11.3 Å². The van der Waals surface area contributed by atoms with Crippen LogP contribution in [0.4, 0.5) is 15.6 Å². The van der Waals surface area contributed by atoms with E-state index in [0.29, 0.717) is 10.8 Å². The van der Waals surface area contributed by atoms with Crippen LogP contribution in [0.25, 0.3) is 10.4 Å². The van der Waals surface area contributed by atoms with E-state index >= 15 is 0 Å². The van der Waals surface area contributed by atoms with Crippen LogP contribution < -0.4 is 16.0 Å². The standard InChI is InChI=1S/C22H24N4O2S/c1-14(2)18(25-21(28)24-17-12-8-5-9-13-17)20(27)26-22-23-15(3)19(29-22)16-10-6-4-7-11-16/h4-14,18H,1-3H3,(H,23,26,27)(H2,24,25,28). The van der Waals surface area contributed by atoms with Crippen LogP contribution in [0, 0.1) is 12.8 Å². The summed E-state index contributed by atoms with van der Waals surface area (Å²) in [7, 11) is 0. The number of aryl methyl sites for hydroxylation is 1. The van der Waals surface area contributed by atoms with Crippen molar-refractivity contribution in [3.8, 4) is 10.4 Å². The Labute approximate surface area is 174 Å². The third-order valence-electron chi connectivity index (χ3n) is 4.33. The highest BCUT2D eigenvalue weighted by atomic mass is 32.1. The SMILES string of the molecule is Cc1nc(NC(=O)C(NC(=O)Nc2ccccc2)C(C)C)sc1-c1ccccc1. The van der Waals surface area contributed by atoms with Crippen LogP contribution in [0.2, 0.25) is 0 Å². The van der Waals surface area contributed by atoms with Crippen LogP contribution in [0.3, 0.4) is 0 Å². The molecular formula is C22H24N4O2S. The molecule has 150 valence electrons. The van der Waals surface area contributed by atoms with Crippen molar-refractivity contribution in [3.05, 3.63) is 66.4 Å². The smallest absolute Gasteiger partial charge is 0.319 e. The molecule has 1 unspecified atom stereocenters. The van der Waals surface area contributed by atoms with E-state index in [9.17, 15) is 9.59 Å². The van der Waals surface area contributed by atoms with E-state index in [1.54, 1.807) is 12.1 Å². The molecule has 1 aromatic heterocycles. The molecule has 3 N–H and O–H groups in total. The number of aromatic nitrogens is 1. The average Bonchev–Trinajstić information content (AvgIpc) is 3.07. The van der Waals surface area contributed by atoms with Gasteiger partial charge in [-0.3, -0.25) is 4.79 Å². The number of thiazole rings is 1. The van der Waals surface area contributed by atoms with Crippen LogP contribution in [0.1, 0.15) is 19.5 Å². The average molecular weight is 409 g/mol. The minimum absolute atomic E-state index is 0.0915. The van der Waals surface area contributed by atoms with Crippen molar-refractivity contribution >= 4 is 34.1 Å². The molecule has 1 atom stereocenters. The van der Waals surface area contributed by atoms with Gasteiger partial charge in [0.15, 0.2) is 5.13 Å². The molecule has 0 aliphatic rings. The third kappa shape index (κ3) is 5.42. The monoisotopic (exact) mass is 408 g/mol. The lowest BCUT2D eigenvalue weighted by atomic mass is 10.0. The molecule has 0 saturated carbocycles. The highest BCUT2D eigenvalue weighted by molar-refractivity contribution is 7.19. The zero-order valence-electron chi connectivity index (χ0n) is 16.6. The predicted molar refractivity (Wildman–Crippen MR) is 118 cm³/mol. The highest BCUT2D eigenvalue weighted by Crippen LogP contribution is 2.32. The molecular weight excluding hydrogens is 384 g/mol. The van der Waals surface area contributed by atoms with Crippen molar-refractivity contribution in [2.45, 2.75) is 26.8 Å². The molecule has 3 aromatic rings. The molecule has 6 nitrogen and oxygen atoms in total. The zero-order valence-corrected chi connectivity index (χ0v) is 17.4. The summed E-state index contributed by atoms with van der Waals surface area (Å²) in [4.78, 5) is 30.6. The molecule has 29 heavy (non-hydrogen) atoms. The maximum atomic E-state index is 12.8. The van der Waals surface area contributed by atoms with Gasteiger partial charge < -0.3 is 16.0 Å². The molecule has 0 aliphatic carbocycles. The van der Waals surface area contributed by atoms with Gasteiger partial charge in [0.1, 0.15) is 6.04 Å². The maximum absolute atomic E-state index is 12.8. The van der Waals surface area contributed by atoms with Crippen molar-refractivity contribution in [3.63, 3.8) is 0 Å². The first-order valence-corrected chi connectivity index (χ1v) is 10.2. The lowest BCUT2D eigenvalue weighted by Crippen LogP contribution is -2.48. The van der Waals surface area contributed by atoms with Gasteiger partial charge in [-0.2, -0.15) is 0 Å². The normalized spacial score (nSPS) is 11.7. The molecule has 3 rings (SSSR count). The zero-order chi connectivity index (χ0) is 20.8. The van der Waals surface area contributed by atoms with Crippen LogP contribution >= 0.6 is 11.3 Å². The van der Waals surface area contributed by atoms with Gasteiger partial charge in [0, 0.05) is 5.69 Å². The van der Waals surface area contributed by atoms with Crippen LogP contribution in [-0.4, -0.2) is 23.0 Å². The summed E-state index contributed by atoms with van der Waals surface area (Å²) in [5, 5.41) is 8.86. The molecule has 0 fully saturated rings. The lowest BCUT2D eigenvalue weighted by molar-refractivity contribution is -0.118. The Morgan fingerprint density at radius 1 is 0.931 bits per heavy atom. The number of amides is 3. The molecule has 0 bridgehead atoms. The first-order chi connectivity index (χ1) is 13.9. The molecule has 0 saturated heterocycles. The molecule has 0 spiro atoms. The summed E-state index contributed by atoms with van der Waals surface area (Å²) >= 11 is 1.42. The highest BCUT2D eigenvalue weighted by Gasteiger charge is 2.25. The molecule has 1 heterocycles. The summed E-state index contributed by atoms with van der Waals surface area (Å²) in [6.45, 7) is 5.69. The fourth-order valence-corrected chi connectivity index (χ4v) is 3.83. The van der Waals surface area contributed by atoms with Crippen LogP contribution in [0.15, 0.2) is 60.7 Å². The topological polar surface area (TPSA) is 83.1 Å². The minimum atomic E-state index is -0.692. The lowest BCUT2D eigenvalue weighted by Gasteiger charge is -2.21. The Kier molecular flexibility index (Phi) is 6.61. The van der Waals surface area contributed by atoms with Crippen LogP contribution in [-0.2, 0) is 4.79 Å². The Morgan fingerprint density at radius 2 is 1.55 bits per heavy atom. The van der Waals surface area contributed by atoms with E-state index in [2.05, 4.69) is 20.9 Å². The summed E-state index contributed by atoms with van der Waals surface area (Å²) in [6, 6.07) is 17.9. The minimum Gasteiger partial charge on any atom is -0.326 e. The number of carbonyl (C=O) groups excluding carboxylic acids is 2. The number of nitrogens with zero attached hydrogens (tertiary/aromatic N) is 1. The molecule has 0 aliphatic heterocycles. The molecule has 7 heteroatoms. The number of hydrogen-bond donors (Lipinski definition) is 3. The predicted octanol–water partition coefficient (Wildman–Crippen LogP) is 4.90. The van der Waals surface area contributed by atoms with E-state index in [4.69, 9.17) is 0 Å². The van der Waals surface area contributed by atoms with Gasteiger partial charge >= 0.3 is 6.03 Å². The van der Waals surface area contributed by atoms with Crippen molar-refractivity contribution in [1.82, 2.24) is 10.3 Å². The maximum Gasteiger partial charge on any atom is 0.319 e. The van der Waals surface area contributed by atoms with Gasteiger partial charge in [0.05, 0.1) is 10.6 Å².